The van der Waals surface area contributed by atoms with Gasteiger partial charge in [-0.2, -0.15) is 9.61 Å². The lowest BCUT2D eigenvalue weighted by Crippen LogP contribution is -2.50. The van der Waals surface area contributed by atoms with Crippen LogP contribution >= 0.6 is 0 Å². The van der Waals surface area contributed by atoms with Crippen LogP contribution in [0, 0.1) is 0 Å². The average Bonchev–Trinajstić information content (AvgIpc) is 3.60. The molecule has 2 aromatic heterocycles. The largest absolute Gasteiger partial charge is 0.380 e. The lowest BCUT2D eigenvalue weighted by molar-refractivity contribution is -0.143. The smallest absolute Gasteiger partial charge is 0.235 e. The second-order valence-corrected chi connectivity index (χ2v) is 11.7. The molecule has 2 bridgehead atoms. The number of aromatic nitrogens is 3. The molecule has 2 N–H and O–H groups in total. The number of hydrogen-bond donors (Lipinski definition) is 1. The van der Waals surface area contributed by atoms with Crippen molar-refractivity contribution in [3.8, 4) is 0 Å². The molecule has 3 unspecified atom stereocenters. The van der Waals surface area contributed by atoms with Gasteiger partial charge in [-0.05, 0) is 51.0 Å². The first kappa shape index (κ1) is 26.1. The summed E-state index contributed by atoms with van der Waals surface area (Å²) in [6.07, 6.45) is 5.82. The number of nitrogens with zero attached hydrogens (tertiary/aromatic N) is 6. The Balaban J connectivity index is 1.44. The zero-order chi connectivity index (χ0) is 27.0. The Hall–Kier alpha value is -3.17. The zero-order valence-corrected chi connectivity index (χ0v) is 23.3. The maximum absolute atomic E-state index is 14.4. The van der Waals surface area contributed by atoms with Crippen LogP contribution in [0.4, 0.5) is 11.6 Å². The van der Waals surface area contributed by atoms with E-state index in [2.05, 4.69) is 46.0 Å². The molecule has 2 fully saturated rings. The molecule has 3 aliphatic heterocycles. The Morgan fingerprint density at radius 1 is 1.03 bits per heavy atom. The fourth-order valence-corrected chi connectivity index (χ4v) is 6.37. The van der Waals surface area contributed by atoms with Crippen LogP contribution in [-0.4, -0.2) is 77.9 Å². The van der Waals surface area contributed by atoms with E-state index >= 15 is 0 Å². The van der Waals surface area contributed by atoms with Gasteiger partial charge in [0.25, 0.3) is 0 Å². The molecule has 9 heteroatoms. The summed E-state index contributed by atoms with van der Waals surface area (Å²) in [5.74, 6) is 2.07. The fraction of sp³-hybridized carbons (Fsp3) is 0.567. The average molecular weight is 532 g/mol. The summed E-state index contributed by atoms with van der Waals surface area (Å²) >= 11 is 0. The highest BCUT2D eigenvalue weighted by molar-refractivity contribution is 5.88. The summed E-state index contributed by atoms with van der Waals surface area (Å²) in [5, 5.41) is 5.12. The summed E-state index contributed by atoms with van der Waals surface area (Å²) in [7, 11) is 2.12. The highest BCUT2D eigenvalue weighted by Gasteiger charge is 2.42. The number of hydrogen-bond acceptors (Lipinski definition) is 7. The molecule has 208 valence electrons. The number of nitrogens with two attached hydrogens (primary N) is 1. The number of piperidine rings is 1. The summed E-state index contributed by atoms with van der Waals surface area (Å²) in [6, 6.07) is 14.4. The molecule has 1 amide bonds. The van der Waals surface area contributed by atoms with E-state index in [4.69, 9.17) is 20.6 Å². The molecule has 3 atom stereocenters. The van der Waals surface area contributed by atoms with E-state index in [1.54, 1.807) is 0 Å². The lowest BCUT2D eigenvalue weighted by Gasteiger charge is -2.41. The predicted octanol–water partition coefficient (Wildman–Crippen LogP) is 3.52. The van der Waals surface area contributed by atoms with Crippen LogP contribution in [0.2, 0.25) is 0 Å². The molecule has 0 aliphatic carbocycles. The second-order valence-electron chi connectivity index (χ2n) is 11.7. The predicted molar refractivity (Wildman–Crippen MR) is 153 cm³/mol. The van der Waals surface area contributed by atoms with Crippen molar-refractivity contribution >= 4 is 23.2 Å². The van der Waals surface area contributed by atoms with Crippen molar-refractivity contribution in [3.63, 3.8) is 0 Å². The molecular weight excluding hydrogens is 490 g/mol. The van der Waals surface area contributed by atoms with Gasteiger partial charge in [-0.15, -0.1) is 0 Å². The standard InChI is InChI=1S/C30H41N7O2/c1-30(22-10-4-3-5-11-22)21-39-17-9-8-14-34(2)28-19-26(35-16-13-23(31)20-35)32-27-18-24(33-37(27)28)25-12-6-7-15-36(25)29(30)38/h3-5,10-11,18-19,23,25H,6-9,12-17,20-21,31H2,1-2H3. The minimum atomic E-state index is -0.766. The number of fused-ring (bicyclic) bond motifs is 3. The van der Waals surface area contributed by atoms with Gasteiger partial charge in [-0.25, -0.2) is 4.98 Å². The molecular formula is C30H41N7O2. The first-order chi connectivity index (χ1) is 18.9. The third kappa shape index (κ3) is 4.98. The first-order valence-corrected chi connectivity index (χ1v) is 14.5. The van der Waals surface area contributed by atoms with Crippen molar-refractivity contribution in [1.29, 1.82) is 0 Å². The van der Waals surface area contributed by atoms with Gasteiger partial charge in [0.15, 0.2) is 5.65 Å². The van der Waals surface area contributed by atoms with Crippen LogP contribution < -0.4 is 15.5 Å². The Morgan fingerprint density at radius 2 is 1.85 bits per heavy atom. The molecule has 0 saturated carbocycles. The Bertz CT molecular complexity index is 1310. The molecule has 3 aromatic rings. The van der Waals surface area contributed by atoms with E-state index in [1.165, 1.54) is 0 Å². The summed E-state index contributed by atoms with van der Waals surface area (Å²) in [5.41, 5.74) is 8.20. The summed E-state index contributed by atoms with van der Waals surface area (Å²) in [4.78, 5) is 26.1. The van der Waals surface area contributed by atoms with Crippen molar-refractivity contribution in [2.45, 2.75) is 62.9 Å². The van der Waals surface area contributed by atoms with E-state index in [0.717, 1.165) is 93.2 Å². The van der Waals surface area contributed by atoms with Gasteiger partial charge in [0.2, 0.25) is 5.91 Å². The maximum Gasteiger partial charge on any atom is 0.235 e. The molecule has 5 heterocycles. The number of benzene rings is 1. The van der Waals surface area contributed by atoms with E-state index in [0.29, 0.717) is 13.2 Å². The molecule has 0 radical (unpaired) electrons. The van der Waals surface area contributed by atoms with Crippen molar-refractivity contribution in [2.75, 3.05) is 56.2 Å². The fourth-order valence-electron chi connectivity index (χ4n) is 6.37. The highest BCUT2D eigenvalue weighted by atomic mass is 16.5. The van der Waals surface area contributed by atoms with E-state index in [1.807, 2.05) is 29.6 Å². The second kappa shape index (κ2) is 10.8. The molecule has 1 aromatic carbocycles. The monoisotopic (exact) mass is 531 g/mol. The minimum Gasteiger partial charge on any atom is -0.380 e. The normalized spacial score (nSPS) is 27.1. The number of rotatable bonds is 2. The van der Waals surface area contributed by atoms with E-state index in [-0.39, 0.29) is 18.0 Å². The van der Waals surface area contributed by atoms with Gasteiger partial charge in [-0.1, -0.05) is 30.3 Å². The molecule has 2 saturated heterocycles. The summed E-state index contributed by atoms with van der Waals surface area (Å²) < 4.78 is 8.20. The third-order valence-corrected chi connectivity index (χ3v) is 8.76. The quantitative estimate of drug-likeness (QED) is 0.541. The van der Waals surface area contributed by atoms with Crippen LogP contribution in [0.25, 0.3) is 5.65 Å². The van der Waals surface area contributed by atoms with Crippen molar-refractivity contribution in [3.05, 3.63) is 53.7 Å². The number of ether oxygens (including phenoxy) is 1. The van der Waals surface area contributed by atoms with Gasteiger partial charge in [-0.3, -0.25) is 4.79 Å². The maximum atomic E-state index is 14.4. The van der Waals surface area contributed by atoms with Gasteiger partial charge in [0, 0.05) is 58.0 Å². The van der Waals surface area contributed by atoms with E-state index < -0.39 is 5.41 Å². The van der Waals surface area contributed by atoms with E-state index in [9.17, 15) is 4.79 Å². The lowest BCUT2D eigenvalue weighted by atomic mass is 9.80. The number of amides is 1. The number of anilines is 2. The van der Waals surface area contributed by atoms with Crippen LogP contribution in [-0.2, 0) is 14.9 Å². The number of carbonyl (C=O) groups is 1. The van der Waals surface area contributed by atoms with Crippen LogP contribution in [0.3, 0.4) is 0 Å². The van der Waals surface area contributed by atoms with Gasteiger partial charge < -0.3 is 25.2 Å². The van der Waals surface area contributed by atoms with Gasteiger partial charge in [0.1, 0.15) is 11.6 Å². The Labute approximate surface area is 230 Å². The molecule has 0 spiro atoms. The van der Waals surface area contributed by atoms with Gasteiger partial charge >= 0.3 is 0 Å². The SMILES string of the molecule is CN1CCCCOCC(C)(c2ccccc2)C(=O)N2CCCCC2c2cc3nc(N4CCC(N)C4)cc1n3n2. The molecule has 9 nitrogen and oxygen atoms in total. The molecule has 3 aliphatic rings. The molecule has 39 heavy (non-hydrogen) atoms. The third-order valence-electron chi connectivity index (χ3n) is 8.76. The highest BCUT2D eigenvalue weighted by Crippen LogP contribution is 2.37. The number of carbonyl (C=O) groups excluding carboxylic acids is 1. The van der Waals surface area contributed by atoms with Crippen LogP contribution in [0.1, 0.15) is 62.7 Å². The Kier molecular flexibility index (Phi) is 7.20. The minimum absolute atomic E-state index is 0.0945. The van der Waals surface area contributed by atoms with Gasteiger partial charge in [0.05, 0.1) is 23.8 Å². The Morgan fingerprint density at radius 3 is 2.64 bits per heavy atom. The van der Waals surface area contributed by atoms with Crippen LogP contribution in [0.15, 0.2) is 42.5 Å². The molecule has 6 rings (SSSR count). The van der Waals surface area contributed by atoms with Crippen molar-refractivity contribution < 1.29 is 9.53 Å². The van der Waals surface area contributed by atoms with Crippen LogP contribution in [0.5, 0.6) is 0 Å². The first-order valence-electron chi connectivity index (χ1n) is 14.5. The topological polar surface area (TPSA) is 92.2 Å². The van der Waals surface area contributed by atoms with Crippen molar-refractivity contribution in [2.24, 2.45) is 5.73 Å². The zero-order valence-electron chi connectivity index (χ0n) is 23.3. The van der Waals surface area contributed by atoms with Crippen molar-refractivity contribution in [1.82, 2.24) is 19.5 Å². The summed E-state index contributed by atoms with van der Waals surface area (Å²) in [6.45, 7) is 6.35.